The number of hydrogen-bond donors (Lipinski definition) is 1. The fraction of sp³-hybridized carbons (Fsp3) is 0.320. The monoisotopic (exact) mass is 482 g/mol. The Balaban J connectivity index is 1.61. The van der Waals surface area contributed by atoms with Crippen molar-refractivity contribution in [3.8, 4) is 0 Å². The molecule has 1 N–H and O–H groups in total. The fourth-order valence-corrected chi connectivity index (χ4v) is 3.19. The van der Waals surface area contributed by atoms with Gasteiger partial charge in [-0.3, -0.25) is 9.59 Å². The highest BCUT2D eigenvalue weighted by Crippen LogP contribution is 2.23. The van der Waals surface area contributed by atoms with Crippen LogP contribution in [0.15, 0.2) is 54.6 Å². The van der Waals surface area contributed by atoms with Crippen molar-refractivity contribution in [1.82, 2.24) is 10.4 Å². The van der Waals surface area contributed by atoms with Gasteiger partial charge in [0.25, 0.3) is 11.8 Å². The van der Waals surface area contributed by atoms with E-state index in [9.17, 15) is 24.0 Å². The number of esters is 1. The third kappa shape index (κ3) is 6.89. The van der Waals surface area contributed by atoms with Gasteiger partial charge >= 0.3 is 18.0 Å². The van der Waals surface area contributed by atoms with Gasteiger partial charge < -0.3 is 19.6 Å². The molecule has 1 heterocycles. The van der Waals surface area contributed by atoms with Crippen LogP contribution in [0, 0.1) is 0 Å². The summed E-state index contributed by atoms with van der Waals surface area (Å²) in [6.07, 6.45) is -1.48. The first-order valence-electron chi connectivity index (χ1n) is 10.9. The molecule has 2 aromatic carbocycles. The van der Waals surface area contributed by atoms with Crippen LogP contribution in [-0.2, 0) is 30.5 Å². The van der Waals surface area contributed by atoms with Crippen molar-refractivity contribution in [2.24, 2.45) is 0 Å². The van der Waals surface area contributed by atoms with E-state index in [0.717, 1.165) is 5.56 Å². The topological polar surface area (TPSA) is 128 Å². The summed E-state index contributed by atoms with van der Waals surface area (Å²) < 4.78 is 10.5. The Hall–Kier alpha value is -4.21. The molecule has 10 heteroatoms. The number of amides is 3. The summed E-state index contributed by atoms with van der Waals surface area (Å²) in [6, 6.07) is 13.8. The molecule has 0 saturated heterocycles. The summed E-state index contributed by atoms with van der Waals surface area (Å²) >= 11 is 0. The van der Waals surface area contributed by atoms with Crippen LogP contribution in [0.1, 0.15) is 59.9 Å². The van der Waals surface area contributed by atoms with Gasteiger partial charge in [-0.15, -0.1) is 0 Å². The van der Waals surface area contributed by atoms with Gasteiger partial charge in [-0.25, -0.2) is 14.4 Å². The van der Waals surface area contributed by atoms with E-state index in [0.29, 0.717) is 5.06 Å². The SMILES string of the molecule is CC(C)(C)OC(=O)N[C@H](CCC(=O)ON1C(=O)c2ccccc2C1=O)C(=O)OCc1ccccc1. The summed E-state index contributed by atoms with van der Waals surface area (Å²) in [7, 11) is 0. The lowest BCUT2D eigenvalue weighted by Gasteiger charge is -2.23. The van der Waals surface area contributed by atoms with E-state index in [4.69, 9.17) is 14.3 Å². The lowest BCUT2D eigenvalue weighted by Crippen LogP contribution is -2.44. The summed E-state index contributed by atoms with van der Waals surface area (Å²) in [4.78, 5) is 67.0. The average molecular weight is 482 g/mol. The van der Waals surface area contributed by atoms with Crippen LogP contribution in [0.25, 0.3) is 0 Å². The molecule has 0 aromatic heterocycles. The summed E-state index contributed by atoms with van der Waals surface area (Å²) in [5.41, 5.74) is 0.174. The first-order chi connectivity index (χ1) is 16.5. The molecule has 184 valence electrons. The van der Waals surface area contributed by atoms with Crippen LogP contribution in [0.3, 0.4) is 0 Å². The van der Waals surface area contributed by atoms with Crippen molar-refractivity contribution in [3.63, 3.8) is 0 Å². The highest BCUT2D eigenvalue weighted by atomic mass is 16.7. The minimum Gasteiger partial charge on any atom is -0.459 e. The molecule has 1 atom stereocenters. The lowest BCUT2D eigenvalue weighted by molar-refractivity contribution is -0.169. The molecule has 0 saturated carbocycles. The number of hydroxylamine groups is 2. The van der Waals surface area contributed by atoms with Crippen LogP contribution < -0.4 is 5.32 Å². The van der Waals surface area contributed by atoms with E-state index >= 15 is 0 Å². The second-order valence-corrected chi connectivity index (χ2v) is 8.74. The largest absolute Gasteiger partial charge is 0.459 e. The first-order valence-corrected chi connectivity index (χ1v) is 10.9. The maximum Gasteiger partial charge on any atom is 0.408 e. The van der Waals surface area contributed by atoms with Crippen molar-refractivity contribution in [2.75, 3.05) is 0 Å². The zero-order valence-corrected chi connectivity index (χ0v) is 19.6. The number of ether oxygens (including phenoxy) is 2. The number of carbonyl (C=O) groups is 5. The number of nitrogens with zero attached hydrogens (tertiary/aromatic N) is 1. The Morgan fingerprint density at radius 1 is 0.914 bits per heavy atom. The molecule has 1 aliphatic heterocycles. The molecule has 3 amide bonds. The molecule has 0 aliphatic carbocycles. The standard InChI is InChI=1S/C25H26N2O8/c1-25(2,3)34-24(32)26-19(23(31)33-15-16-9-5-4-6-10-16)13-14-20(28)35-27-21(29)17-11-7-8-12-18(17)22(27)30/h4-12,19H,13-15H2,1-3H3,(H,26,32)/t19-/m1/s1. The molecule has 3 rings (SSSR count). The van der Waals surface area contributed by atoms with Crippen molar-refractivity contribution >= 4 is 29.8 Å². The van der Waals surface area contributed by atoms with E-state index in [2.05, 4.69) is 5.32 Å². The lowest BCUT2D eigenvalue weighted by atomic mass is 10.1. The number of carbonyl (C=O) groups excluding carboxylic acids is 5. The molecule has 0 fully saturated rings. The number of benzene rings is 2. The minimum atomic E-state index is -1.23. The summed E-state index contributed by atoms with van der Waals surface area (Å²) in [5.74, 6) is -3.24. The van der Waals surface area contributed by atoms with Crippen LogP contribution in [0.4, 0.5) is 4.79 Å². The van der Waals surface area contributed by atoms with Crippen molar-refractivity contribution in [1.29, 1.82) is 0 Å². The maximum absolute atomic E-state index is 12.7. The predicted octanol–water partition coefficient (Wildman–Crippen LogP) is 3.16. The molecule has 0 spiro atoms. The van der Waals surface area contributed by atoms with Gasteiger partial charge in [0.1, 0.15) is 18.2 Å². The number of alkyl carbamates (subject to hydrolysis) is 1. The molecule has 2 aromatic rings. The van der Waals surface area contributed by atoms with E-state index in [-0.39, 0.29) is 24.2 Å². The number of imide groups is 1. The van der Waals surface area contributed by atoms with Crippen molar-refractivity contribution < 1.29 is 38.3 Å². The highest BCUT2D eigenvalue weighted by molar-refractivity contribution is 6.20. The van der Waals surface area contributed by atoms with Crippen LogP contribution in [-0.4, -0.2) is 46.6 Å². The normalized spacial score (nSPS) is 13.6. The molecular formula is C25H26N2O8. The van der Waals surface area contributed by atoms with Gasteiger partial charge in [0.15, 0.2) is 0 Å². The third-order valence-corrected chi connectivity index (χ3v) is 4.79. The Labute approximate surface area is 202 Å². The highest BCUT2D eigenvalue weighted by Gasteiger charge is 2.38. The number of hydrogen-bond acceptors (Lipinski definition) is 8. The molecule has 10 nitrogen and oxygen atoms in total. The number of nitrogens with one attached hydrogen (secondary N) is 1. The number of rotatable bonds is 8. The van der Waals surface area contributed by atoms with Crippen LogP contribution >= 0.6 is 0 Å². The Morgan fingerprint density at radius 2 is 1.49 bits per heavy atom. The molecule has 1 aliphatic rings. The molecule has 35 heavy (non-hydrogen) atoms. The van der Waals surface area contributed by atoms with E-state index in [1.54, 1.807) is 57.2 Å². The third-order valence-electron chi connectivity index (χ3n) is 4.79. The minimum absolute atomic E-state index is 0.0361. The van der Waals surface area contributed by atoms with Gasteiger partial charge in [0, 0.05) is 0 Å². The zero-order chi connectivity index (χ0) is 25.6. The van der Waals surface area contributed by atoms with E-state index < -0.39 is 47.9 Å². The van der Waals surface area contributed by atoms with Gasteiger partial charge in [-0.05, 0) is 44.9 Å². The first kappa shape index (κ1) is 25.4. The summed E-state index contributed by atoms with van der Waals surface area (Å²) in [5, 5.41) is 2.79. The Morgan fingerprint density at radius 3 is 2.06 bits per heavy atom. The van der Waals surface area contributed by atoms with E-state index in [1.165, 1.54) is 12.1 Å². The Bertz CT molecular complexity index is 1090. The predicted molar refractivity (Wildman–Crippen MR) is 122 cm³/mol. The van der Waals surface area contributed by atoms with Crippen molar-refractivity contribution in [3.05, 3.63) is 71.3 Å². The smallest absolute Gasteiger partial charge is 0.408 e. The molecule has 0 radical (unpaired) electrons. The average Bonchev–Trinajstić information content (AvgIpc) is 3.04. The second-order valence-electron chi connectivity index (χ2n) is 8.74. The molecular weight excluding hydrogens is 456 g/mol. The Kier molecular flexibility index (Phi) is 7.85. The molecule has 0 unspecified atom stereocenters. The number of fused-ring (bicyclic) bond motifs is 1. The van der Waals surface area contributed by atoms with Crippen LogP contribution in [0.5, 0.6) is 0 Å². The second kappa shape index (κ2) is 10.8. The molecule has 0 bridgehead atoms. The van der Waals surface area contributed by atoms with Gasteiger partial charge in [-0.2, -0.15) is 0 Å². The zero-order valence-electron chi connectivity index (χ0n) is 19.6. The van der Waals surface area contributed by atoms with Crippen LogP contribution in [0.2, 0.25) is 0 Å². The van der Waals surface area contributed by atoms with Crippen molar-refractivity contribution in [2.45, 2.75) is 51.9 Å². The quantitative estimate of drug-likeness (QED) is 0.449. The summed E-state index contributed by atoms with van der Waals surface area (Å²) in [6.45, 7) is 4.95. The van der Waals surface area contributed by atoms with Gasteiger partial charge in [0.2, 0.25) is 0 Å². The maximum atomic E-state index is 12.7. The van der Waals surface area contributed by atoms with Gasteiger partial charge in [0.05, 0.1) is 17.5 Å². The van der Waals surface area contributed by atoms with Gasteiger partial charge in [-0.1, -0.05) is 47.5 Å². The fourth-order valence-electron chi connectivity index (χ4n) is 3.19. The van der Waals surface area contributed by atoms with E-state index in [1.807, 2.05) is 6.07 Å².